The molecule has 2 saturated heterocycles. The average molecular weight is 955 g/mol. The highest BCUT2D eigenvalue weighted by Gasteiger charge is 2.62. The van der Waals surface area contributed by atoms with Gasteiger partial charge in [0.15, 0.2) is 11.6 Å². The Hall–Kier alpha value is -3.64. The molecule has 0 saturated carbocycles. The van der Waals surface area contributed by atoms with Gasteiger partial charge in [-0.15, -0.1) is 0 Å². The Morgan fingerprint density at radius 1 is 0.879 bits per heavy atom. The molecule has 6 atom stereocenters. The lowest BCUT2D eigenvalue weighted by atomic mass is 9.97. The van der Waals surface area contributed by atoms with E-state index in [0.29, 0.717) is 29.0 Å². The second-order valence-electron chi connectivity index (χ2n) is 18.4. The van der Waals surface area contributed by atoms with Crippen LogP contribution in [0, 0.1) is 17.1 Å². The summed E-state index contributed by atoms with van der Waals surface area (Å²) in [6, 6.07) is 16.4. The number of ether oxygens (including phenoxy) is 4. The summed E-state index contributed by atoms with van der Waals surface area (Å²) in [5, 5.41) is 14.1. The molecule has 2 aromatic carbocycles. The van der Waals surface area contributed by atoms with Crippen molar-refractivity contribution in [3.05, 3.63) is 88.6 Å². The van der Waals surface area contributed by atoms with Gasteiger partial charge in [-0.2, -0.15) is 10.4 Å². The quantitative estimate of drug-likeness (QED) is 0.0389. The van der Waals surface area contributed by atoms with Crippen LogP contribution < -0.4 is 10.3 Å². The number of anilines is 1. The molecule has 2 fully saturated rings. The third-order valence-electron chi connectivity index (χ3n) is 12.4. The summed E-state index contributed by atoms with van der Waals surface area (Å²) in [6.07, 6.45) is 20.8. The first-order chi connectivity index (χ1) is 31.8. The van der Waals surface area contributed by atoms with E-state index in [1.807, 2.05) is 32.0 Å². The number of nitriles is 1. The number of nitrogens with zero attached hydrogens (tertiary/aromatic N) is 4. The first-order valence-electron chi connectivity index (χ1n) is 24.1. The predicted octanol–water partition coefficient (Wildman–Crippen LogP) is 13.2. The summed E-state index contributed by atoms with van der Waals surface area (Å²) in [6.45, 7) is 7.23. The van der Waals surface area contributed by atoms with Crippen LogP contribution in [-0.2, 0) is 39.2 Å². The predicted molar refractivity (Wildman–Crippen MR) is 254 cm³/mol. The number of nitrogens with two attached hydrogens (primary N) is 1. The molecule has 66 heavy (non-hydrogen) atoms. The average Bonchev–Trinajstić information content (AvgIpc) is 3.95. The third kappa shape index (κ3) is 14.9. The van der Waals surface area contributed by atoms with Crippen LogP contribution in [0.5, 0.6) is 5.75 Å². The van der Waals surface area contributed by atoms with Crippen molar-refractivity contribution in [1.29, 1.82) is 5.26 Å². The largest absolute Gasteiger partial charge is 0.530 e. The van der Waals surface area contributed by atoms with Gasteiger partial charge in [-0.25, -0.2) is 18.5 Å². The molecule has 0 spiro atoms. The number of fused-ring (bicyclic) bond motifs is 2. The number of benzene rings is 2. The zero-order valence-electron chi connectivity index (χ0n) is 39.3. The van der Waals surface area contributed by atoms with Crippen LogP contribution in [-0.4, -0.2) is 57.5 Å². The van der Waals surface area contributed by atoms with Crippen molar-refractivity contribution in [2.24, 2.45) is 0 Å². The normalized spacial score (nSPS) is 21.4. The fourth-order valence-electron chi connectivity index (χ4n) is 8.88. The lowest BCUT2D eigenvalue weighted by Gasteiger charge is -2.32. The summed E-state index contributed by atoms with van der Waals surface area (Å²) >= 11 is 6.51. The summed E-state index contributed by atoms with van der Waals surface area (Å²) in [5.74, 6) is -1.09. The maximum Gasteiger partial charge on any atom is 0.530 e. The summed E-state index contributed by atoms with van der Waals surface area (Å²) in [5.41, 5.74) is 6.88. The molecular weight excluding hydrogens is 884 g/mol. The Kier molecular flexibility index (Phi) is 19.7. The number of aromatic nitrogens is 3. The fourth-order valence-corrected chi connectivity index (χ4v) is 10.4. The third-order valence-corrected chi connectivity index (χ3v) is 14.0. The number of halogens is 2. The van der Waals surface area contributed by atoms with Gasteiger partial charge in [-0.1, -0.05) is 140 Å². The van der Waals surface area contributed by atoms with Gasteiger partial charge in [-0.05, 0) is 75.2 Å². The molecule has 1 unspecified atom stereocenters. The van der Waals surface area contributed by atoms with E-state index in [-0.39, 0.29) is 36.2 Å². The van der Waals surface area contributed by atoms with Gasteiger partial charge < -0.3 is 29.2 Å². The molecule has 2 N–H and O–H groups in total. The van der Waals surface area contributed by atoms with Crippen LogP contribution in [0.1, 0.15) is 166 Å². The Morgan fingerprint density at radius 3 is 2.18 bits per heavy atom. The van der Waals surface area contributed by atoms with E-state index in [2.05, 4.69) is 17.0 Å². The molecule has 0 amide bonds. The number of phosphoric ester groups is 1. The van der Waals surface area contributed by atoms with Gasteiger partial charge in [0, 0.05) is 0 Å². The Bertz CT molecular complexity index is 2220. The van der Waals surface area contributed by atoms with Gasteiger partial charge in [0.05, 0.1) is 48.3 Å². The number of nitrogen functional groups attached to an aromatic ring is 1. The van der Waals surface area contributed by atoms with Gasteiger partial charge in [0.25, 0.3) is 0 Å². The van der Waals surface area contributed by atoms with Crippen molar-refractivity contribution in [3.63, 3.8) is 0 Å². The number of phosphoric acid groups is 1. The molecule has 2 aromatic heterocycles. The Labute approximate surface area is 395 Å². The topological polar surface area (TPSA) is 162 Å². The van der Waals surface area contributed by atoms with Crippen molar-refractivity contribution in [3.8, 4) is 11.8 Å². The van der Waals surface area contributed by atoms with Crippen LogP contribution in [0.15, 0.2) is 60.9 Å². The fraction of sp³-hybridized carbons (Fsp3) is 0.620. The second-order valence-corrected chi connectivity index (χ2v) is 20.4. The van der Waals surface area contributed by atoms with E-state index in [0.717, 1.165) is 25.7 Å². The van der Waals surface area contributed by atoms with E-state index in [1.54, 1.807) is 41.8 Å². The van der Waals surface area contributed by atoms with Gasteiger partial charge >= 0.3 is 7.82 Å². The minimum Gasteiger partial charge on any atom is -0.402 e. The Morgan fingerprint density at radius 2 is 1.53 bits per heavy atom. The molecule has 0 radical (unpaired) electrons. The van der Waals surface area contributed by atoms with Crippen LogP contribution in [0.4, 0.5) is 10.2 Å². The van der Waals surface area contributed by atoms with Crippen LogP contribution in [0.25, 0.3) is 5.52 Å². The smallest absolute Gasteiger partial charge is 0.402 e. The van der Waals surface area contributed by atoms with E-state index in [4.69, 9.17) is 49.9 Å². The highest BCUT2D eigenvalue weighted by Crippen LogP contribution is 2.55. The number of para-hydroxylation sites is 1. The zero-order chi connectivity index (χ0) is 47.0. The lowest BCUT2D eigenvalue weighted by molar-refractivity contribution is -0.212. The van der Waals surface area contributed by atoms with Gasteiger partial charge in [-0.3, -0.25) is 9.05 Å². The molecule has 2 aliphatic rings. The second kappa shape index (κ2) is 25.1. The number of unbranched alkanes of at least 4 members (excludes halogenated alkanes) is 16. The Balaban J connectivity index is 1.07. The summed E-state index contributed by atoms with van der Waals surface area (Å²) in [7, 11) is -4.49. The molecule has 6 rings (SSSR count). The molecule has 0 bridgehead atoms. The molecule has 16 heteroatoms. The monoisotopic (exact) mass is 953 g/mol. The molecular formula is C50H70ClFN5O8P. The van der Waals surface area contributed by atoms with Crippen LogP contribution in [0.3, 0.4) is 0 Å². The standard InChI is InChI=1S/C50H70ClFN5O8P/c1-5-6-7-8-9-10-11-12-13-14-15-16-17-18-19-20-21-24-40(59-33-38-29-37(32-53)30-39(52)31-38)34-60-66(58,65-44-26-23-22-25-41(44)51)61-35-50(4)47-46(62-49(2,3)64-47)45(63-50)42-27-28-43-48(54)55-36-56-57(42)43/h22-23,25-31,36,40,45-47H,5-21,24,33-35H2,1-4H3,(H2,54,55,56)/t40-,45-,46-,47-,50+,66?/m0/s1. The molecule has 4 aromatic rings. The van der Waals surface area contributed by atoms with E-state index in [1.165, 1.54) is 102 Å². The molecule has 362 valence electrons. The molecule has 4 heterocycles. The van der Waals surface area contributed by atoms with Crippen molar-refractivity contribution in [2.45, 2.75) is 186 Å². The van der Waals surface area contributed by atoms with Gasteiger partial charge in [0.1, 0.15) is 47.3 Å². The van der Waals surface area contributed by atoms with Gasteiger partial charge in [0.2, 0.25) is 0 Å². The van der Waals surface area contributed by atoms with Crippen molar-refractivity contribution in [1.82, 2.24) is 14.6 Å². The summed E-state index contributed by atoms with van der Waals surface area (Å²) < 4.78 is 75.2. The summed E-state index contributed by atoms with van der Waals surface area (Å²) in [4.78, 5) is 4.11. The molecule has 13 nitrogen and oxygen atoms in total. The van der Waals surface area contributed by atoms with Crippen molar-refractivity contribution in [2.75, 3.05) is 18.9 Å². The zero-order valence-corrected chi connectivity index (χ0v) is 40.9. The minimum atomic E-state index is -4.49. The van der Waals surface area contributed by atoms with Crippen LogP contribution in [0.2, 0.25) is 5.02 Å². The molecule has 0 aliphatic carbocycles. The lowest BCUT2D eigenvalue weighted by Crippen LogP contribution is -2.44. The highest BCUT2D eigenvalue weighted by atomic mass is 35.5. The maximum absolute atomic E-state index is 14.9. The maximum atomic E-state index is 14.9. The minimum absolute atomic E-state index is 0.00440. The van der Waals surface area contributed by atoms with E-state index in [9.17, 15) is 14.2 Å². The number of hydrogen-bond acceptors (Lipinski definition) is 12. The first kappa shape index (κ1) is 51.7. The highest BCUT2D eigenvalue weighted by molar-refractivity contribution is 7.49. The van der Waals surface area contributed by atoms with E-state index >= 15 is 0 Å². The van der Waals surface area contributed by atoms with Crippen molar-refractivity contribution < 1.29 is 41.5 Å². The van der Waals surface area contributed by atoms with Crippen LogP contribution >= 0.6 is 19.4 Å². The SMILES string of the molecule is CCCCCCCCCCCCCCCCCCC[C@@H](COP(=O)(OC[C@@]1(C)O[C@@H](c2ccc3c(N)ncnn23)[C@@H]2OC(C)(C)O[C@@H]21)Oc1ccccc1Cl)OCc1cc(F)cc(C#N)c1. The van der Waals surface area contributed by atoms with E-state index < -0.39 is 49.4 Å². The first-order valence-corrected chi connectivity index (χ1v) is 25.9. The molecule has 2 aliphatic heterocycles. The number of hydrogen-bond donors (Lipinski definition) is 1. The van der Waals surface area contributed by atoms with Crippen molar-refractivity contribution >= 4 is 30.8 Å². The number of rotatable bonds is 30.